The standard InChI is InChI=1S/C23H31ClN4O2/c1-5-12-25-22(30)28(23(2,3)4)16-20(29)27-15-14-26-13-6-7-19(26)21(27)17-8-10-18(24)11-9-17/h6-11,13,21H,5,12,14-16H2,1-4H3,(H,25,30). The first kappa shape index (κ1) is 22.2. The normalized spacial score (nSPS) is 16.2. The number of urea groups is 1. The molecular weight excluding hydrogens is 400 g/mol. The van der Waals surface area contributed by atoms with E-state index in [0.29, 0.717) is 18.1 Å². The van der Waals surface area contributed by atoms with Gasteiger partial charge in [-0.05, 0) is 57.0 Å². The molecule has 30 heavy (non-hydrogen) atoms. The lowest BCUT2D eigenvalue weighted by Crippen LogP contribution is -2.55. The van der Waals surface area contributed by atoms with E-state index < -0.39 is 5.54 Å². The summed E-state index contributed by atoms with van der Waals surface area (Å²) < 4.78 is 2.18. The van der Waals surface area contributed by atoms with Gasteiger partial charge in [-0.3, -0.25) is 4.79 Å². The number of fused-ring (bicyclic) bond motifs is 1. The zero-order chi connectivity index (χ0) is 21.9. The van der Waals surface area contributed by atoms with Crippen LogP contribution >= 0.6 is 11.6 Å². The number of hydrogen-bond donors (Lipinski definition) is 1. The Morgan fingerprint density at radius 1 is 1.17 bits per heavy atom. The van der Waals surface area contributed by atoms with Gasteiger partial charge < -0.3 is 19.7 Å². The second-order valence-electron chi connectivity index (χ2n) is 8.66. The van der Waals surface area contributed by atoms with Crippen LogP contribution in [0.4, 0.5) is 4.79 Å². The van der Waals surface area contributed by atoms with Crippen LogP contribution in [0.1, 0.15) is 51.4 Å². The van der Waals surface area contributed by atoms with E-state index in [1.54, 1.807) is 4.90 Å². The molecule has 7 heteroatoms. The summed E-state index contributed by atoms with van der Waals surface area (Å²) in [5, 5.41) is 3.57. The van der Waals surface area contributed by atoms with Gasteiger partial charge in [0.2, 0.25) is 5.91 Å². The largest absolute Gasteiger partial charge is 0.348 e. The molecule has 0 saturated heterocycles. The number of rotatable bonds is 5. The molecule has 1 aromatic carbocycles. The first-order chi connectivity index (χ1) is 14.2. The Kier molecular flexibility index (Phi) is 6.76. The van der Waals surface area contributed by atoms with Crippen molar-refractivity contribution in [1.29, 1.82) is 0 Å². The maximum absolute atomic E-state index is 13.5. The van der Waals surface area contributed by atoms with Crippen molar-refractivity contribution in [2.45, 2.75) is 52.2 Å². The molecule has 1 N–H and O–H groups in total. The smallest absolute Gasteiger partial charge is 0.318 e. The summed E-state index contributed by atoms with van der Waals surface area (Å²) in [7, 11) is 0. The van der Waals surface area contributed by atoms with Gasteiger partial charge in [-0.25, -0.2) is 4.79 Å². The first-order valence-corrected chi connectivity index (χ1v) is 10.9. The fourth-order valence-electron chi connectivity index (χ4n) is 3.81. The fraction of sp³-hybridized carbons (Fsp3) is 0.478. The van der Waals surface area contributed by atoms with Crippen LogP contribution in [0.5, 0.6) is 0 Å². The van der Waals surface area contributed by atoms with Gasteiger partial charge in [-0.2, -0.15) is 0 Å². The molecule has 0 fully saturated rings. The number of carbonyl (C=O) groups excluding carboxylic acids is 2. The highest BCUT2D eigenvalue weighted by Gasteiger charge is 2.35. The molecule has 0 spiro atoms. The second kappa shape index (κ2) is 9.13. The number of aromatic nitrogens is 1. The molecule has 0 aliphatic carbocycles. The molecule has 6 nitrogen and oxygen atoms in total. The highest BCUT2D eigenvalue weighted by molar-refractivity contribution is 6.30. The Morgan fingerprint density at radius 3 is 2.50 bits per heavy atom. The van der Waals surface area contributed by atoms with E-state index in [2.05, 4.69) is 9.88 Å². The number of nitrogens with one attached hydrogen (secondary N) is 1. The summed E-state index contributed by atoms with van der Waals surface area (Å²) in [6.45, 7) is 9.79. The average molecular weight is 431 g/mol. The van der Waals surface area contributed by atoms with Crippen molar-refractivity contribution < 1.29 is 9.59 Å². The van der Waals surface area contributed by atoms with E-state index in [-0.39, 0.29) is 24.5 Å². The van der Waals surface area contributed by atoms with Crippen LogP contribution in [0.2, 0.25) is 5.02 Å². The van der Waals surface area contributed by atoms with E-state index >= 15 is 0 Å². The number of halogens is 1. The topological polar surface area (TPSA) is 57.6 Å². The van der Waals surface area contributed by atoms with Crippen LogP contribution in [-0.2, 0) is 11.3 Å². The zero-order valence-electron chi connectivity index (χ0n) is 18.2. The first-order valence-electron chi connectivity index (χ1n) is 10.5. The van der Waals surface area contributed by atoms with Crippen molar-refractivity contribution in [2.24, 2.45) is 0 Å². The quantitative estimate of drug-likeness (QED) is 0.769. The van der Waals surface area contributed by atoms with Crippen molar-refractivity contribution in [2.75, 3.05) is 19.6 Å². The Labute approximate surface area is 183 Å². The highest BCUT2D eigenvalue weighted by Crippen LogP contribution is 2.33. The number of hydrogen-bond acceptors (Lipinski definition) is 2. The molecule has 0 radical (unpaired) electrons. The van der Waals surface area contributed by atoms with Crippen LogP contribution in [0, 0.1) is 0 Å². The lowest BCUT2D eigenvalue weighted by Gasteiger charge is -2.41. The SMILES string of the molecule is CCCNC(=O)N(CC(=O)N1CCn2cccc2C1c1ccc(Cl)cc1)C(C)(C)C. The molecule has 1 atom stereocenters. The zero-order valence-corrected chi connectivity index (χ0v) is 18.9. The average Bonchev–Trinajstić information content (AvgIpc) is 3.18. The summed E-state index contributed by atoms with van der Waals surface area (Å²) in [5.74, 6) is -0.0658. The van der Waals surface area contributed by atoms with E-state index in [1.807, 2.05) is 75.2 Å². The molecule has 2 heterocycles. The van der Waals surface area contributed by atoms with Gasteiger partial charge in [-0.15, -0.1) is 0 Å². The molecule has 162 valence electrons. The minimum Gasteiger partial charge on any atom is -0.348 e. The van der Waals surface area contributed by atoms with E-state index in [4.69, 9.17) is 11.6 Å². The summed E-state index contributed by atoms with van der Waals surface area (Å²) in [4.78, 5) is 29.7. The van der Waals surface area contributed by atoms with Crippen molar-refractivity contribution in [3.05, 3.63) is 58.9 Å². The number of nitrogens with zero attached hydrogens (tertiary/aromatic N) is 3. The maximum Gasteiger partial charge on any atom is 0.318 e. The summed E-state index contributed by atoms with van der Waals surface area (Å²) >= 11 is 6.09. The maximum atomic E-state index is 13.5. The van der Waals surface area contributed by atoms with Crippen LogP contribution in [0.3, 0.4) is 0 Å². The molecule has 3 amide bonds. The van der Waals surface area contributed by atoms with Gasteiger partial charge in [0.15, 0.2) is 0 Å². The molecule has 2 aromatic rings. The van der Waals surface area contributed by atoms with E-state index in [9.17, 15) is 9.59 Å². The Bertz CT molecular complexity index is 885. The summed E-state index contributed by atoms with van der Waals surface area (Å²) in [5.41, 5.74) is 1.60. The summed E-state index contributed by atoms with van der Waals surface area (Å²) in [6, 6.07) is 11.3. The third-order valence-corrected chi connectivity index (χ3v) is 5.67. The molecular formula is C23H31ClN4O2. The third kappa shape index (κ3) is 4.81. The van der Waals surface area contributed by atoms with Crippen LogP contribution < -0.4 is 5.32 Å². The van der Waals surface area contributed by atoms with Crippen molar-refractivity contribution in [3.63, 3.8) is 0 Å². The molecule has 1 aromatic heterocycles. The van der Waals surface area contributed by atoms with Crippen molar-refractivity contribution in [1.82, 2.24) is 19.7 Å². The van der Waals surface area contributed by atoms with Crippen LogP contribution in [0.15, 0.2) is 42.6 Å². The highest BCUT2D eigenvalue weighted by atomic mass is 35.5. The lowest BCUT2D eigenvalue weighted by atomic mass is 9.99. The molecule has 3 rings (SSSR count). The minimum atomic E-state index is -0.473. The van der Waals surface area contributed by atoms with E-state index in [0.717, 1.165) is 24.2 Å². The lowest BCUT2D eigenvalue weighted by molar-refractivity contribution is -0.135. The van der Waals surface area contributed by atoms with Gasteiger partial charge in [0.1, 0.15) is 6.54 Å². The van der Waals surface area contributed by atoms with Crippen molar-refractivity contribution in [3.8, 4) is 0 Å². The number of benzene rings is 1. The fourth-order valence-corrected chi connectivity index (χ4v) is 3.94. The van der Waals surface area contributed by atoms with E-state index in [1.165, 1.54) is 0 Å². The van der Waals surface area contributed by atoms with Gasteiger partial charge in [-0.1, -0.05) is 30.7 Å². The number of carbonyl (C=O) groups is 2. The van der Waals surface area contributed by atoms with Crippen LogP contribution in [-0.4, -0.2) is 51.5 Å². The molecule has 0 bridgehead atoms. The monoisotopic (exact) mass is 430 g/mol. The third-order valence-electron chi connectivity index (χ3n) is 5.42. The molecule has 0 saturated carbocycles. The minimum absolute atomic E-state index is 0.0316. The second-order valence-corrected chi connectivity index (χ2v) is 9.09. The predicted molar refractivity (Wildman–Crippen MR) is 120 cm³/mol. The Hall–Kier alpha value is -2.47. The molecule has 1 aliphatic rings. The van der Waals surface area contributed by atoms with Gasteiger partial charge in [0.25, 0.3) is 0 Å². The predicted octanol–water partition coefficient (Wildman–Crippen LogP) is 4.29. The molecule has 1 aliphatic heterocycles. The molecule has 1 unspecified atom stereocenters. The Balaban J connectivity index is 1.89. The van der Waals surface area contributed by atoms with Gasteiger partial charge >= 0.3 is 6.03 Å². The summed E-state index contributed by atoms with van der Waals surface area (Å²) in [6.07, 6.45) is 2.89. The van der Waals surface area contributed by atoms with Gasteiger partial charge in [0.05, 0.1) is 6.04 Å². The Morgan fingerprint density at radius 2 is 1.87 bits per heavy atom. The van der Waals surface area contributed by atoms with Gasteiger partial charge in [0, 0.05) is 42.1 Å². The number of amides is 3. The van der Waals surface area contributed by atoms with Crippen molar-refractivity contribution >= 4 is 23.5 Å². The van der Waals surface area contributed by atoms with Crippen LogP contribution in [0.25, 0.3) is 0 Å².